The van der Waals surface area contributed by atoms with Crippen molar-refractivity contribution in [2.45, 2.75) is 33.7 Å². The van der Waals surface area contributed by atoms with Gasteiger partial charge in [-0.1, -0.05) is 0 Å². The Bertz CT molecular complexity index is 993. The molecule has 1 N–H and O–H groups in total. The number of nitrogens with one attached hydrogen (secondary N) is 1. The van der Waals surface area contributed by atoms with E-state index in [1.807, 2.05) is 0 Å². The molecular weight excluding hydrogens is 296 g/mol. The van der Waals surface area contributed by atoms with Crippen LogP contribution in [0.5, 0.6) is 0 Å². The zero-order chi connectivity index (χ0) is 17.0. The highest BCUT2D eigenvalue weighted by Crippen LogP contribution is 2.29. The summed E-state index contributed by atoms with van der Waals surface area (Å²) in [6, 6.07) is 2.38. The van der Waals surface area contributed by atoms with Gasteiger partial charge in [-0.05, 0) is 38.8 Å². The summed E-state index contributed by atoms with van der Waals surface area (Å²) in [6.45, 7) is 6.80. The van der Waals surface area contributed by atoms with E-state index in [-0.39, 0.29) is 39.9 Å². The topological polar surface area (TPSA) is 89.0 Å². The summed E-state index contributed by atoms with van der Waals surface area (Å²) in [5.74, 6) is -0.833. The van der Waals surface area contributed by atoms with E-state index in [0.29, 0.717) is 11.1 Å². The lowest BCUT2D eigenvalue weighted by atomic mass is 9.85. The molecule has 3 rings (SSSR count). The third-order valence-electron chi connectivity index (χ3n) is 4.10. The molecular formula is C17H16N2O4. The summed E-state index contributed by atoms with van der Waals surface area (Å²) in [5, 5.41) is 0. The summed E-state index contributed by atoms with van der Waals surface area (Å²) in [7, 11) is 0. The van der Waals surface area contributed by atoms with Crippen LogP contribution in [-0.4, -0.2) is 21.1 Å². The van der Waals surface area contributed by atoms with Crippen molar-refractivity contribution in [3.8, 4) is 0 Å². The smallest absolute Gasteiger partial charge is 0.251 e. The molecule has 0 aromatic carbocycles. The second kappa shape index (κ2) is 4.87. The average Bonchev–Trinajstić information content (AvgIpc) is 2.42. The number of hydrogen-bond donors (Lipinski definition) is 1. The van der Waals surface area contributed by atoms with E-state index in [2.05, 4.69) is 4.98 Å². The molecule has 0 bridgehead atoms. The fourth-order valence-corrected chi connectivity index (χ4v) is 3.16. The number of rotatable bonds is 1. The van der Waals surface area contributed by atoms with Crippen molar-refractivity contribution in [1.82, 2.24) is 9.55 Å². The first-order chi connectivity index (χ1) is 10.7. The van der Waals surface area contributed by atoms with Gasteiger partial charge in [0.25, 0.3) is 5.56 Å². The van der Waals surface area contributed by atoms with Gasteiger partial charge in [-0.3, -0.25) is 19.2 Å². The number of fused-ring (bicyclic) bond motifs is 2. The molecule has 0 spiro atoms. The van der Waals surface area contributed by atoms with Crippen molar-refractivity contribution < 1.29 is 9.59 Å². The van der Waals surface area contributed by atoms with Gasteiger partial charge in [-0.25, -0.2) is 0 Å². The SMILES string of the molecule is Cc1cc(=O)[nH]c2c1C(=O)c1c(C)cc(=O)n(C(C)C)c1C2=O. The van der Waals surface area contributed by atoms with E-state index in [0.717, 1.165) is 0 Å². The van der Waals surface area contributed by atoms with Gasteiger partial charge in [0, 0.05) is 18.2 Å². The fourth-order valence-electron chi connectivity index (χ4n) is 3.16. The van der Waals surface area contributed by atoms with Crippen LogP contribution in [-0.2, 0) is 0 Å². The Kier molecular flexibility index (Phi) is 3.21. The monoisotopic (exact) mass is 312 g/mol. The predicted molar refractivity (Wildman–Crippen MR) is 84.5 cm³/mol. The van der Waals surface area contributed by atoms with Crippen molar-refractivity contribution >= 4 is 11.6 Å². The first-order valence-electron chi connectivity index (χ1n) is 7.33. The number of carbonyl (C=O) groups is 2. The molecule has 0 aliphatic heterocycles. The largest absolute Gasteiger partial charge is 0.318 e. The van der Waals surface area contributed by atoms with E-state index in [1.54, 1.807) is 27.7 Å². The molecule has 6 nitrogen and oxygen atoms in total. The maximum Gasteiger partial charge on any atom is 0.251 e. The lowest BCUT2D eigenvalue weighted by molar-refractivity contribution is 0.0964. The number of aromatic amines is 1. The molecule has 1 aliphatic carbocycles. The zero-order valence-corrected chi connectivity index (χ0v) is 13.3. The van der Waals surface area contributed by atoms with E-state index in [4.69, 9.17) is 0 Å². The molecule has 0 amide bonds. The van der Waals surface area contributed by atoms with E-state index in [9.17, 15) is 19.2 Å². The number of ketones is 2. The van der Waals surface area contributed by atoms with Crippen LogP contribution in [0.3, 0.4) is 0 Å². The van der Waals surface area contributed by atoms with Gasteiger partial charge in [0.15, 0.2) is 5.78 Å². The maximum absolute atomic E-state index is 12.9. The Morgan fingerprint density at radius 2 is 1.52 bits per heavy atom. The normalized spacial score (nSPS) is 13.3. The third-order valence-corrected chi connectivity index (χ3v) is 4.10. The highest BCUT2D eigenvalue weighted by Gasteiger charge is 2.36. The molecule has 118 valence electrons. The summed E-state index contributed by atoms with van der Waals surface area (Å²) < 4.78 is 1.31. The van der Waals surface area contributed by atoms with Crippen molar-refractivity contribution in [3.05, 3.63) is 66.5 Å². The Hall–Kier alpha value is -2.76. The average molecular weight is 312 g/mol. The van der Waals surface area contributed by atoms with Crippen LogP contribution in [0.15, 0.2) is 21.7 Å². The molecule has 0 atom stereocenters. The Balaban J connectivity index is 2.50. The van der Waals surface area contributed by atoms with Crippen LogP contribution in [0, 0.1) is 13.8 Å². The number of aryl methyl sites for hydroxylation is 2. The van der Waals surface area contributed by atoms with Crippen molar-refractivity contribution in [2.24, 2.45) is 0 Å². The molecule has 0 saturated heterocycles. The number of hydrogen-bond acceptors (Lipinski definition) is 4. The lowest BCUT2D eigenvalue weighted by Gasteiger charge is -2.25. The summed E-state index contributed by atoms with van der Waals surface area (Å²) in [4.78, 5) is 52.2. The van der Waals surface area contributed by atoms with Gasteiger partial charge in [-0.15, -0.1) is 0 Å². The second-order valence-corrected chi connectivity index (χ2v) is 6.08. The summed E-state index contributed by atoms with van der Waals surface area (Å²) >= 11 is 0. The van der Waals surface area contributed by atoms with E-state index < -0.39 is 11.3 Å². The minimum absolute atomic E-state index is 0.0353. The highest BCUT2D eigenvalue weighted by molar-refractivity contribution is 6.28. The molecule has 1 aliphatic rings. The van der Waals surface area contributed by atoms with Gasteiger partial charge in [-0.2, -0.15) is 0 Å². The Labute approximate surface area is 131 Å². The van der Waals surface area contributed by atoms with Gasteiger partial charge < -0.3 is 9.55 Å². The molecule has 0 fully saturated rings. The molecule has 23 heavy (non-hydrogen) atoms. The van der Waals surface area contributed by atoms with Gasteiger partial charge >= 0.3 is 0 Å². The molecule has 6 heteroatoms. The molecule has 0 radical (unpaired) electrons. The van der Waals surface area contributed by atoms with Crippen LogP contribution < -0.4 is 11.1 Å². The molecule has 0 unspecified atom stereocenters. The summed E-state index contributed by atoms with van der Waals surface area (Å²) in [5.41, 5.74) is 0.611. The van der Waals surface area contributed by atoms with Gasteiger partial charge in [0.05, 0.1) is 11.1 Å². The van der Waals surface area contributed by atoms with Gasteiger partial charge in [0.1, 0.15) is 11.4 Å². The number of nitrogens with zero attached hydrogens (tertiary/aromatic N) is 1. The minimum atomic E-state index is -0.495. The van der Waals surface area contributed by atoms with Crippen LogP contribution >= 0.6 is 0 Å². The summed E-state index contributed by atoms with van der Waals surface area (Å²) in [6.07, 6.45) is 0. The minimum Gasteiger partial charge on any atom is -0.318 e. The van der Waals surface area contributed by atoms with Crippen molar-refractivity contribution in [2.75, 3.05) is 0 Å². The number of carbonyl (C=O) groups excluding carboxylic acids is 2. The van der Waals surface area contributed by atoms with Crippen molar-refractivity contribution in [1.29, 1.82) is 0 Å². The van der Waals surface area contributed by atoms with Gasteiger partial charge in [0.2, 0.25) is 11.3 Å². The van der Waals surface area contributed by atoms with E-state index >= 15 is 0 Å². The first-order valence-corrected chi connectivity index (χ1v) is 7.33. The molecule has 2 aromatic heterocycles. The first kappa shape index (κ1) is 15.1. The third kappa shape index (κ3) is 2.02. The van der Waals surface area contributed by atoms with E-state index in [1.165, 1.54) is 16.7 Å². The second-order valence-electron chi connectivity index (χ2n) is 6.08. The Morgan fingerprint density at radius 3 is 2.13 bits per heavy atom. The quantitative estimate of drug-likeness (QED) is 0.737. The lowest BCUT2D eigenvalue weighted by Crippen LogP contribution is -2.36. The molecule has 0 saturated carbocycles. The van der Waals surface area contributed by atoms with Crippen molar-refractivity contribution in [3.63, 3.8) is 0 Å². The highest BCUT2D eigenvalue weighted by atomic mass is 16.2. The molecule has 2 heterocycles. The number of aromatic nitrogens is 2. The van der Waals surface area contributed by atoms with Crippen LogP contribution in [0.2, 0.25) is 0 Å². The fraction of sp³-hybridized carbons (Fsp3) is 0.294. The maximum atomic E-state index is 12.9. The zero-order valence-electron chi connectivity index (χ0n) is 13.3. The van der Waals surface area contributed by atoms with Crippen LogP contribution in [0.25, 0.3) is 0 Å². The number of H-pyrrole nitrogens is 1. The Morgan fingerprint density at radius 1 is 0.913 bits per heavy atom. The van der Waals surface area contributed by atoms with Crippen LogP contribution in [0.1, 0.15) is 63.1 Å². The standard InChI is InChI=1S/C17H16N2O4/c1-7(2)19-11(21)6-9(4)13-15(19)17(23)14-12(16(13)22)8(3)5-10(20)18-14/h5-7H,1-4H3,(H,18,20). The number of pyridine rings is 2. The molecule has 2 aromatic rings. The predicted octanol–water partition coefficient (Wildman–Crippen LogP) is 1.51. The van der Waals surface area contributed by atoms with Crippen LogP contribution in [0.4, 0.5) is 0 Å².